The number of nitrogens with zero attached hydrogens (tertiary/aromatic N) is 2. The topological polar surface area (TPSA) is 48.3 Å². The molecule has 0 aromatic carbocycles. The molecule has 0 amide bonds. The molecule has 2 fully saturated rings. The molecule has 1 unspecified atom stereocenters. The fraction of sp³-hybridized carbons (Fsp3) is 0.941. The molecule has 0 aromatic heterocycles. The molecule has 0 spiro atoms. The highest BCUT2D eigenvalue weighted by Crippen LogP contribution is 2.25. The largest absolute Gasteiger partial charge is 0.378 e. The number of hydrogen-bond acceptors (Lipinski definition) is 4. The Hall–Kier alpha value is -0.630. The van der Waals surface area contributed by atoms with Crippen LogP contribution in [0.25, 0.3) is 0 Å². The molecule has 1 heterocycles. The van der Waals surface area contributed by atoms with E-state index in [2.05, 4.69) is 30.1 Å². The van der Waals surface area contributed by atoms with Gasteiger partial charge in [-0.15, -0.1) is 0 Å². The summed E-state index contributed by atoms with van der Waals surface area (Å²) in [4.78, 5) is 2.55. The summed E-state index contributed by atoms with van der Waals surface area (Å²) in [6, 6.07) is 3.07. The zero-order valence-electron chi connectivity index (χ0n) is 13.7. The highest BCUT2D eigenvalue weighted by atomic mass is 16.5. The first-order chi connectivity index (χ1) is 10.1. The summed E-state index contributed by atoms with van der Waals surface area (Å²) in [6.07, 6.45) is 8.61. The van der Waals surface area contributed by atoms with Crippen molar-refractivity contribution in [2.75, 3.05) is 26.2 Å². The van der Waals surface area contributed by atoms with Crippen LogP contribution in [0.15, 0.2) is 0 Å². The first-order valence-electron chi connectivity index (χ1n) is 8.68. The van der Waals surface area contributed by atoms with Crippen LogP contribution >= 0.6 is 0 Å². The van der Waals surface area contributed by atoms with E-state index in [1.165, 1.54) is 51.7 Å². The summed E-state index contributed by atoms with van der Waals surface area (Å²) in [5, 5.41) is 12.8. The molecule has 21 heavy (non-hydrogen) atoms. The fourth-order valence-corrected chi connectivity index (χ4v) is 3.19. The van der Waals surface area contributed by atoms with E-state index in [-0.39, 0.29) is 5.54 Å². The minimum Gasteiger partial charge on any atom is -0.378 e. The molecule has 0 radical (unpaired) electrons. The van der Waals surface area contributed by atoms with Gasteiger partial charge in [0.25, 0.3) is 0 Å². The molecule has 120 valence electrons. The Balaban J connectivity index is 1.56. The lowest BCUT2D eigenvalue weighted by Crippen LogP contribution is -2.42. The fourth-order valence-electron chi connectivity index (χ4n) is 3.19. The van der Waals surface area contributed by atoms with Crippen molar-refractivity contribution in [2.45, 2.75) is 76.5 Å². The SMILES string of the molecule is CCOC1CCN(CCCCC(C)(C#N)NC2CC2)CC1. The Labute approximate surface area is 129 Å². The third-order valence-electron chi connectivity index (χ3n) is 4.68. The maximum absolute atomic E-state index is 9.35. The number of nitrogens with one attached hydrogen (secondary N) is 1. The third kappa shape index (κ3) is 5.94. The van der Waals surface area contributed by atoms with Gasteiger partial charge in [-0.05, 0) is 65.3 Å². The first-order valence-corrected chi connectivity index (χ1v) is 8.68. The number of rotatable bonds is 9. The summed E-state index contributed by atoms with van der Waals surface area (Å²) in [6.45, 7) is 8.48. The molecule has 4 heteroatoms. The smallest absolute Gasteiger partial charge is 0.104 e. The van der Waals surface area contributed by atoms with Gasteiger partial charge in [0.2, 0.25) is 0 Å². The highest BCUT2D eigenvalue weighted by molar-refractivity contribution is 5.06. The maximum atomic E-state index is 9.35. The second kappa shape index (κ2) is 8.12. The van der Waals surface area contributed by atoms with Crippen LogP contribution in [0.3, 0.4) is 0 Å². The minimum absolute atomic E-state index is 0.316. The van der Waals surface area contributed by atoms with E-state index in [1.54, 1.807) is 0 Å². The lowest BCUT2D eigenvalue weighted by Gasteiger charge is -2.32. The van der Waals surface area contributed by atoms with Crippen LogP contribution in [-0.2, 0) is 4.74 Å². The molecular weight excluding hydrogens is 262 g/mol. The molecule has 4 nitrogen and oxygen atoms in total. The number of nitriles is 1. The second-order valence-corrected chi connectivity index (χ2v) is 6.82. The predicted octanol–water partition coefficient (Wildman–Crippen LogP) is 2.69. The van der Waals surface area contributed by atoms with E-state index in [1.807, 2.05) is 0 Å². The molecule has 2 aliphatic rings. The van der Waals surface area contributed by atoms with Crippen molar-refractivity contribution >= 4 is 0 Å². The average Bonchev–Trinajstić information content (AvgIpc) is 3.29. The molecule has 0 aromatic rings. The summed E-state index contributed by atoms with van der Waals surface area (Å²) in [5.41, 5.74) is -0.316. The minimum atomic E-state index is -0.316. The van der Waals surface area contributed by atoms with Crippen molar-refractivity contribution < 1.29 is 4.74 Å². The molecule has 1 atom stereocenters. The van der Waals surface area contributed by atoms with Crippen LogP contribution in [-0.4, -0.2) is 48.8 Å². The van der Waals surface area contributed by atoms with Gasteiger partial charge in [0.15, 0.2) is 0 Å². The maximum Gasteiger partial charge on any atom is 0.104 e. The Kier molecular flexibility index (Phi) is 6.47. The van der Waals surface area contributed by atoms with Gasteiger partial charge in [0.05, 0.1) is 12.2 Å². The van der Waals surface area contributed by atoms with Gasteiger partial charge < -0.3 is 9.64 Å². The van der Waals surface area contributed by atoms with Gasteiger partial charge in [0.1, 0.15) is 5.54 Å². The van der Waals surface area contributed by atoms with Gasteiger partial charge in [0, 0.05) is 25.7 Å². The van der Waals surface area contributed by atoms with Crippen molar-refractivity contribution in [3.8, 4) is 6.07 Å². The van der Waals surface area contributed by atoms with Crippen LogP contribution < -0.4 is 5.32 Å². The Morgan fingerprint density at radius 3 is 2.52 bits per heavy atom. The average molecular weight is 293 g/mol. The van der Waals surface area contributed by atoms with Crippen LogP contribution in [0.1, 0.15) is 58.8 Å². The van der Waals surface area contributed by atoms with E-state index >= 15 is 0 Å². The van der Waals surface area contributed by atoms with E-state index in [0.29, 0.717) is 12.1 Å². The first kappa shape index (κ1) is 16.7. The van der Waals surface area contributed by atoms with Crippen molar-refractivity contribution in [1.29, 1.82) is 5.26 Å². The van der Waals surface area contributed by atoms with Crippen molar-refractivity contribution in [3.63, 3.8) is 0 Å². The van der Waals surface area contributed by atoms with Crippen molar-refractivity contribution in [2.24, 2.45) is 0 Å². The molecule has 1 aliphatic carbocycles. The highest BCUT2D eigenvalue weighted by Gasteiger charge is 2.32. The van der Waals surface area contributed by atoms with Crippen LogP contribution in [0.4, 0.5) is 0 Å². The van der Waals surface area contributed by atoms with Gasteiger partial charge in [-0.2, -0.15) is 5.26 Å². The number of hydrogen-bond donors (Lipinski definition) is 1. The third-order valence-corrected chi connectivity index (χ3v) is 4.68. The van der Waals surface area contributed by atoms with Gasteiger partial charge in [-0.1, -0.05) is 0 Å². The van der Waals surface area contributed by atoms with E-state index in [4.69, 9.17) is 4.74 Å². The zero-order chi connectivity index (χ0) is 15.1. The van der Waals surface area contributed by atoms with Crippen LogP contribution in [0, 0.1) is 11.3 Å². The lowest BCUT2D eigenvalue weighted by molar-refractivity contribution is 0.0139. The Morgan fingerprint density at radius 1 is 1.24 bits per heavy atom. The lowest BCUT2D eigenvalue weighted by atomic mass is 9.96. The Morgan fingerprint density at radius 2 is 1.95 bits per heavy atom. The van der Waals surface area contributed by atoms with Crippen molar-refractivity contribution in [3.05, 3.63) is 0 Å². The van der Waals surface area contributed by atoms with E-state index in [0.717, 1.165) is 19.4 Å². The molecular formula is C17H31N3O. The summed E-state index contributed by atoms with van der Waals surface area (Å²) < 4.78 is 5.69. The Bertz CT molecular complexity index is 342. The zero-order valence-corrected chi connectivity index (χ0v) is 13.7. The predicted molar refractivity (Wildman–Crippen MR) is 85.1 cm³/mol. The second-order valence-electron chi connectivity index (χ2n) is 6.82. The number of piperidine rings is 1. The van der Waals surface area contributed by atoms with Gasteiger partial charge >= 0.3 is 0 Å². The van der Waals surface area contributed by atoms with E-state index in [9.17, 15) is 5.26 Å². The standard InChI is InChI=1S/C17H31N3O/c1-3-21-16-8-12-20(13-9-16)11-5-4-10-17(2,14-18)19-15-6-7-15/h15-16,19H,3-13H2,1-2H3. The quantitative estimate of drug-likeness (QED) is 0.664. The van der Waals surface area contributed by atoms with Crippen LogP contribution in [0.5, 0.6) is 0 Å². The molecule has 1 N–H and O–H groups in total. The summed E-state index contributed by atoms with van der Waals surface area (Å²) in [7, 11) is 0. The van der Waals surface area contributed by atoms with Crippen LogP contribution in [0.2, 0.25) is 0 Å². The molecule has 1 saturated carbocycles. The van der Waals surface area contributed by atoms with Gasteiger partial charge in [-0.25, -0.2) is 0 Å². The normalized spacial score (nSPS) is 23.7. The number of ether oxygens (including phenoxy) is 1. The molecule has 2 rings (SSSR count). The molecule has 1 saturated heterocycles. The molecule has 1 aliphatic heterocycles. The monoisotopic (exact) mass is 293 g/mol. The number of unbranched alkanes of at least 4 members (excludes halogenated alkanes) is 1. The number of likely N-dealkylation sites (tertiary alicyclic amines) is 1. The van der Waals surface area contributed by atoms with Gasteiger partial charge in [-0.3, -0.25) is 5.32 Å². The van der Waals surface area contributed by atoms with Crippen molar-refractivity contribution in [1.82, 2.24) is 10.2 Å². The van der Waals surface area contributed by atoms with E-state index < -0.39 is 0 Å². The summed E-state index contributed by atoms with van der Waals surface area (Å²) >= 11 is 0. The molecule has 0 bridgehead atoms. The summed E-state index contributed by atoms with van der Waals surface area (Å²) in [5.74, 6) is 0.